The van der Waals surface area contributed by atoms with Crippen LogP contribution in [0.5, 0.6) is 0 Å². The Morgan fingerprint density at radius 2 is 0.614 bits per heavy atom. The summed E-state index contributed by atoms with van der Waals surface area (Å²) in [5.74, 6) is 0. The largest absolute Gasteiger partial charge is 0.416 e. The van der Waals surface area contributed by atoms with E-state index in [0.29, 0.717) is 22.1 Å². The van der Waals surface area contributed by atoms with Crippen LogP contribution in [0.3, 0.4) is 0 Å². The smallest absolute Gasteiger partial charge is 0.310 e. The molecule has 3 aromatic heterocycles. The van der Waals surface area contributed by atoms with Crippen LogP contribution >= 0.6 is 0 Å². The van der Waals surface area contributed by atoms with E-state index in [9.17, 15) is 36.9 Å². The molecule has 14 rings (SSSR count). The van der Waals surface area contributed by atoms with Crippen molar-refractivity contribution < 1.29 is 26.3 Å². The van der Waals surface area contributed by atoms with Gasteiger partial charge in [-0.2, -0.15) is 36.9 Å². The zero-order valence-electron chi connectivity index (χ0n) is 43.6. The second kappa shape index (κ2) is 19.4. The molecule has 13 heteroatoms. The summed E-state index contributed by atoms with van der Waals surface area (Å²) in [5, 5.41) is 27.3. The molecule has 0 unspecified atom stereocenters. The molecule has 3 heterocycles. The van der Waals surface area contributed by atoms with Gasteiger partial charge in [-0.1, -0.05) is 121 Å². The van der Waals surface area contributed by atoms with Gasteiger partial charge in [0.2, 0.25) is 0 Å². The predicted octanol–water partition coefficient (Wildman–Crippen LogP) is 19.7. The summed E-state index contributed by atoms with van der Waals surface area (Å²) in [6.45, 7) is 0. The third-order valence-corrected chi connectivity index (χ3v) is 15.5. The lowest BCUT2D eigenvalue weighted by molar-refractivity contribution is -0.138. The molecule has 0 saturated heterocycles. The second-order valence-electron chi connectivity index (χ2n) is 20.2. The Labute approximate surface area is 470 Å². The number of nitriles is 2. The number of nitrogens with zero attached hydrogens (tertiary/aromatic N) is 7. The number of rotatable bonds is 9. The number of halogens is 6. The minimum absolute atomic E-state index is 0.159. The van der Waals surface area contributed by atoms with Gasteiger partial charge >= 0.3 is 12.4 Å². The molecule has 0 aliphatic carbocycles. The number of hydrogen-bond donors (Lipinski definition) is 0. The third kappa shape index (κ3) is 8.20. The minimum atomic E-state index is -4.88. The van der Waals surface area contributed by atoms with Gasteiger partial charge in [-0.25, -0.2) is 0 Å². The van der Waals surface area contributed by atoms with Gasteiger partial charge in [-0.15, -0.1) is 0 Å². The van der Waals surface area contributed by atoms with Crippen LogP contribution in [-0.4, -0.2) is 13.7 Å². The Kier molecular flexibility index (Phi) is 11.7. The number of anilines is 6. The maximum Gasteiger partial charge on any atom is 0.416 e. The van der Waals surface area contributed by atoms with Crippen molar-refractivity contribution in [2.75, 3.05) is 9.80 Å². The van der Waals surface area contributed by atoms with Crippen molar-refractivity contribution in [3.8, 4) is 29.2 Å². The summed E-state index contributed by atoms with van der Waals surface area (Å²) in [5.41, 5.74) is 5.16. The average Bonchev–Trinajstić information content (AvgIpc) is 3.34. The molecule has 0 radical (unpaired) electrons. The fourth-order valence-corrected chi connectivity index (χ4v) is 12.0. The predicted molar refractivity (Wildman–Crippen MR) is 318 cm³/mol. The highest BCUT2D eigenvalue weighted by atomic mass is 19.4. The molecule has 398 valence electrons. The molecular formula is C70H41F6N7. The number of aromatic nitrogens is 3. The summed E-state index contributed by atoms with van der Waals surface area (Å²) in [6, 6.07) is 79.3. The zero-order chi connectivity index (χ0) is 56.7. The number of benzene rings is 11. The molecule has 0 bridgehead atoms. The van der Waals surface area contributed by atoms with E-state index in [0.717, 1.165) is 79.9 Å². The van der Waals surface area contributed by atoms with E-state index in [1.165, 1.54) is 16.7 Å². The topological polar surface area (TPSA) is 68.8 Å². The zero-order valence-corrected chi connectivity index (χ0v) is 43.6. The van der Waals surface area contributed by atoms with Crippen molar-refractivity contribution in [3.63, 3.8) is 0 Å². The van der Waals surface area contributed by atoms with E-state index in [1.807, 2.05) is 203 Å². The van der Waals surface area contributed by atoms with Gasteiger partial charge in [0.05, 0.1) is 61.3 Å². The van der Waals surface area contributed by atoms with Crippen molar-refractivity contribution in [2.45, 2.75) is 12.4 Å². The van der Waals surface area contributed by atoms with Crippen LogP contribution in [0.1, 0.15) is 22.3 Å². The monoisotopic (exact) mass is 1090 g/mol. The summed E-state index contributed by atoms with van der Waals surface area (Å²) in [7, 11) is 0. The van der Waals surface area contributed by atoms with Gasteiger partial charge in [0, 0.05) is 66.4 Å². The first-order valence-electron chi connectivity index (χ1n) is 26.5. The van der Waals surface area contributed by atoms with Crippen LogP contribution in [0, 0.1) is 22.7 Å². The van der Waals surface area contributed by atoms with E-state index < -0.39 is 23.5 Å². The molecule has 11 aromatic carbocycles. The molecule has 0 aliphatic rings. The molecule has 7 nitrogen and oxygen atoms in total. The van der Waals surface area contributed by atoms with Crippen LogP contribution in [0.15, 0.2) is 249 Å². The van der Waals surface area contributed by atoms with E-state index in [4.69, 9.17) is 0 Å². The van der Waals surface area contributed by atoms with E-state index in [2.05, 4.69) is 34.1 Å². The molecule has 0 atom stereocenters. The van der Waals surface area contributed by atoms with E-state index >= 15 is 0 Å². The number of alkyl halides is 6. The van der Waals surface area contributed by atoms with Gasteiger partial charge in [0.25, 0.3) is 0 Å². The molecule has 83 heavy (non-hydrogen) atoms. The Morgan fingerprint density at radius 1 is 0.289 bits per heavy atom. The van der Waals surface area contributed by atoms with Crippen molar-refractivity contribution in [2.24, 2.45) is 0 Å². The molecule has 0 fully saturated rings. The maximum atomic E-state index is 15.0. The molecule has 0 saturated carbocycles. The van der Waals surface area contributed by atoms with Crippen molar-refractivity contribution >= 4 is 99.5 Å². The van der Waals surface area contributed by atoms with Crippen molar-refractivity contribution in [1.82, 2.24) is 13.7 Å². The summed E-state index contributed by atoms with van der Waals surface area (Å²) >= 11 is 0. The van der Waals surface area contributed by atoms with Crippen LogP contribution < -0.4 is 9.80 Å². The maximum absolute atomic E-state index is 15.0. The Balaban J connectivity index is 1.12. The van der Waals surface area contributed by atoms with Crippen LogP contribution in [0.2, 0.25) is 0 Å². The number of para-hydroxylation sites is 6. The Bertz CT molecular complexity index is 4590. The van der Waals surface area contributed by atoms with Gasteiger partial charge in [0.15, 0.2) is 0 Å². The lowest BCUT2D eigenvalue weighted by atomic mass is 10.0. The molecular weight excluding hydrogens is 1050 g/mol. The summed E-state index contributed by atoms with van der Waals surface area (Å²) in [6.07, 6.45) is -9.76. The fourth-order valence-electron chi connectivity index (χ4n) is 12.0. The highest BCUT2D eigenvalue weighted by Crippen LogP contribution is 2.47. The third-order valence-electron chi connectivity index (χ3n) is 15.5. The molecule has 0 aliphatic heterocycles. The highest BCUT2D eigenvalue weighted by Gasteiger charge is 2.35. The molecule has 0 spiro atoms. The van der Waals surface area contributed by atoms with Crippen LogP contribution in [0.25, 0.3) is 82.5 Å². The van der Waals surface area contributed by atoms with Gasteiger partial charge in [-0.3, -0.25) is 0 Å². The standard InChI is InChI=1S/C70H41F6N7/c71-69(72,73)44-29-33-54-55-34-30-45(70(74,75)76)38-65(55)83(64(54)37-44)68-58(42-77)66(81-60-27-15-13-25-52(60)56-39-50(31-35-62(56)81)79(46-17-5-1-6-18-46)47-19-7-2-8-20-47)41-67(59(68)43-78)82-61-28-16-14-26-53(61)57-40-51(32-36-63(57)82)80(48-21-9-3-10-22-48)49-23-11-4-12-24-49/h1-41H. The van der Waals surface area contributed by atoms with Gasteiger partial charge < -0.3 is 23.5 Å². The quantitative estimate of drug-likeness (QED) is 0.135. The highest BCUT2D eigenvalue weighted by molar-refractivity contribution is 6.14. The van der Waals surface area contributed by atoms with E-state index in [-0.39, 0.29) is 50.0 Å². The Hall–Kier alpha value is -11.0. The van der Waals surface area contributed by atoms with Gasteiger partial charge in [0.1, 0.15) is 23.3 Å². The van der Waals surface area contributed by atoms with Gasteiger partial charge in [-0.05, 0) is 127 Å². The first kappa shape index (κ1) is 50.2. The molecule has 0 N–H and O–H groups in total. The number of hydrogen-bond acceptors (Lipinski definition) is 4. The normalized spacial score (nSPS) is 12.0. The van der Waals surface area contributed by atoms with Crippen molar-refractivity contribution in [1.29, 1.82) is 10.5 Å². The minimum Gasteiger partial charge on any atom is -0.310 e. The van der Waals surface area contributed by atoms with E-state index in [1.54, 1.807) is 6.07 Å². The first-order valence-corrected chi connectivity index (χ1v) is 26.5. The molecule has 14 aromatic rings. The molecule has 0 amide bonds. The SMILES string of the molecule is N#Cc1c(-n2c3ccccc3c3cc(N(c4ccccc4)c4ccccc4)ccc32)cc(-n2c3ccccc3c3cc(N(c4ccccc4)c4ccccc4)ccc32)c(C#N)c1-n1c2cc(C(F)(F)F)ccc2c2ccc(C(F)(F)F)cc21. The lowest BCUT2D eigenvalue weighted by Crippen LogP contribution is -2.12. The van der Waals surface area contributed by atoms with Crippen LogP contribution in [0.4, 0.5) is 60.5 Å². The summed E-state index contributed by atoms with van der Waals surface area (Å²) in [4.78, 5) is 4.26. The lowest BCUT2D eigenvalue weighted by Gasteiger charge is -2.26. The Morgan fingerprint density at radius 3 is 0.964 bits per heavy atom. The number of fused-ring (bicyclic) bond motifs is 9. The average molecular weight is 1090 g/mol. The summed E-state index contributed by atoms with van der Waals surface area (Å²) < 4.78 is 94.9. The van der Waals surface area contributed by atoms with Crippen LogP contribution in [-0.2, 0) is 12.4 Å². The first-order chi connectivity index (χ1) is 40.4. The fraction of sp³-hybridized carbons (Fsp3) is 0.0286. The second-order valence-corrected chi connectivity index (χ2v) is 20.2. The van der Waals surface area contributed by atoms with Crippen molar-refractivity contribution in [3.05, 3.63) is 271 Å².